The molecule has 0 radical (unpaired) electrons. The van der Waals surface area contributed by atoms with Crippen LogP contribution in [0, 0.1) is 17.0 Å². The summed E-state index contributed by atoms with van der Waals surface area (Å²) in [5, 5.41) is 26.5. The molecule has 11 heteroatoms. The Morgan fingerprint density at radius 1 is 1.17 bits per heavy atom. The number of hydrogen-bond acceptors (Lipinski definition) is 7. The molecule has 4 aromatic rings. The predicted molar refractivity (Wildman–Crippen MR) is 129 cm³/mol. The smallest absolute Gasteiger partial charge is 0.154 e. The Kier molecular flexibility index (Phi) is 5.62. The Balaban J connectivity index is 1.46. The third kappa shape index (κ3) is 3.69. The molecule has 0 bridgehead atoms. The van der Waals surface area contributed by atoms with Gasteiger partial charge in [0.2, 0.25) is 0 Å². The molecule has 1 saturated carbocycles. The van der Waals surface area contributed by atoms with E-state index in [1.165, 1.54) is 29.0 Å². The van der Waals surface area contributed by atoms with Gasteiger partial charge in [0, 0.05) is 16.7 Å². The maximum atomic E-state index is 14.7. The summed E-state index contributed by atoms with van der Waals surface area (Å²) >= 11 is 5.97. The lowest BCUT2D eigenvalue weighted by atomic mass is 9.78. The van der Waals surface area contributed by atoms with Crippen molar-refractivity contribution in [2.45, 2.75) is 37.4 Å². The topological polar surface area (TPSA) is 136 Å². The van der Waals surface area contributed by atoms with E-state index in [-0.39, 0.29) is 34.0 Å². The van der Waals surface area contributed by atoms with Crippen LogP contribution in [0.4, 0.5) is 20.4 Å². The highest BCUT2D eigenvalue weighted by Gasteiger charge is 2.52. The largest absolute Gasteiger partial charge is 0.390 e. The van der Waals surface area contributed by atoms with Gasteiger partial charge in [-0.15, -0.1) is 6.58 Å². The van der Waals surface area contributed by atoms with Crippen LogP contribution in [0.1, 0.15) is 30.0 Å². The number of rotatable bonds is 5. The SMILES string of the molecule is C=C[C@]1(CCc2cc(F)c3cc(Cl)c(N)nc3c2)C[C@@H](c2cc(F)c3c(N)ncnn23)[C@H](O)[C@@H]1O. The van der Waals surface area contributed by atoms with Gasteiger partial charge in [-0.05, 0) is 49.1 Å². The summed E-state index contributed by atoms with van der Waals surface area (Å²) in [5.41, 5.74) is 12.0. The molecular formula is C24H23ClF2N6O2. The molecule has 1 fully saturated rings. The normalized spacial score (nSPS) is 24.4. The number of nitrogen functional groups attached to an aromatic ring is 2. The van der Waals surface area contributed by atoms with Crippen LogP contribution in [0.2, 0.25) is 5.02 Å². The van der Waals surface area contributed by atoms with Crippen LogP contribution < -0.4 is 11.5 Å². The van der Waals surface area contributed by atoms with Crippen LogP contribution in [-0.4, -0.2) is 42.0 Å². The first kappa shape index (κ1) is 23.4. The van der Waals surface area contributed by atoms with Gasteiger partial charge in [-0.1, -0.05) is 17.7 Å². The number of aliphatic hydroxyl groups is 2. The van der Waals surface area contributed by atoms with Crippen molar-refractivity contribution in [3.63, 3.8) is 0 Å². The summed E-state index contributed by atoms with van der Waals surface area (Å²) < 4.78 is 30.6. The predicted octanol–water partition coefficient (Wildman–Crippen LogP) is 3.39. The van der Waals surface area contributed by atoms with Crippen molar-refractivity contribution in [1.82, 2.24) is 19.6 Å². The van der Waals surface area contributed by atoms with Gasteiger partial charge in [0.05, 0.1) is 28.4 Å². The highest BCUT2D eigenvalue weighted by molar-refractivity contribution is 6.33. The van der Waals surface area contributed by atoms with Crippen LogP contribution in [0.15, 0.2) is 43.2 Å². The molecule has 5 rings (SSSR count). The fourth-order valence-corrected chi connectivity index (χ4v) is 5.31. The van der Waals surface area contributed by atoms with Gasteiger partial charge in [-0.3, -0.25) is 0 Å². The third-order valence-corrected chi connectivity index (χ3v) is 7.38. The average molecular weight is 501 g/mol. The van der Waals surface area contributed by atoms with E-state index in [9.17, 15) is 19.0 Å². The Bertz CT molecular complexity index is 1480. The van der Waals surface area contributed by atoms with Gasteiger partial charge >= 0.3 is 0 Å². The molecule has 1 aliphatic carbocycles. The number of hydrogen-bond donors (Lipinski definition) is 4. The molecule has 1 aliphatic rings. The molecule has 1 aromatic carbocycles. The van der Waals surface area contributed by atoms with Crippen molar-refractivity contribution in [3.05, 3.63) is 71.2 Å². The summed E-state index contributed by atoms with van der Waals surface area (Å²) in [6, 6.07) is 5.79. The zero-order valence-electron chi connectivity index (χ0n) is 18.5. The highest BCUT2D eigenvalue weighted by atomic mass is 35.5. The molecule has 6 N–H and O–H groups in total. The van der Waals surface area contributed by atoms with Crippen molar-refractivity contribution in [1.29, 1.82) is 0 Å². The molecule has 0 amide bonds. The Labute approximate surface area is 203 Å². The van der Waals surface area contributed by atoms with Gasteiger partial charge in [0.15, 0.2) is 11.6 Å². The second-order valence-electron chi connectivity index (χ2n) is 9.01. The minimum atomic E-state index is -1.21. The van der Waals surface area contributed by atoms with Gasteiger partial charge in [0.25, 0.3) is 0 Å². The van der Waals surface area contributed by atoms with Gasteiger partial charge in [-0.25, -0.2) is 23.3 Å². The van der Waals surface area contributed by atoms with Gasteiger partial charge in [-0.2, -0.15) is 5.10 Å². The molecular weight excluding hydrogens is 478 g/mol. The molecule has 182 valence electrons. The molecule has 0 unspecified atom stereocenters. The van der Waals surface area contributed by atoms with Crippen molar-refractivity contribution in [3.8, 4) is 0 Å². The third-order valence-electron chi connectivity index (χ3n) is 7.08. The number of anilines is 2. The van der Waals surface area contributed by atoms with Crippen molar-refractivity contribution in [2.75, 3.05) is 11.5 Å². The summed E-state index contributed by atoms with van der Waals surface area (Å²) in [6.07, 6.45) is 1.38. The van der Waals surface area contributed by atoms with E-state index in [0.717, 1.165) is 0 Å². The lowest BCUT2D eigenvalue weighted by Crippen LogP contribution is -2.35. The fraction of sp³-hybridized carbons (Fsp3) is 0.292. The molecule has 4 atom stereocenters. The van der Waals surface area contributed by atoms with Crippen LogP contribution in [0.5, 0.6) is 0 Å². The zero-order chi connectivity index (χ0) is 25.1. The number of nitrogens with zero attached hydrogens (tertiary/aromatic N) is 4. The van der Waals surface area contributed by atoms with E-state index in [2.05, 4.69) is 21.6 Å². The molecule has 0 saturated heterocycles. The van der Waals surface area contributed by atoms with E-state index >= 15 is 0 Å². The number of aromatic nitrogens is 4. The lowest BCUT2D eigenvalue weighted by molar-refractivity contribution is -0.00970. The number of halogens is 3. The second kappa shape index (κ2) is 8.40. The second-order valence-corrected chi connectivity index (χ2v) is 9.41. The zero-order valence-corrected chi connectivity index (χ0v) is 19.3. The standard InChI is InChI=1S/C24H23ClF2N6O2/c1-2-24(4-3-11-5-15(26)12-7-14(25)22(28)32-17(12)6-11)9-13(20(34)21(24)35)18-8-16(27)19-23(29)30-10-31-33(18)19/h2,5-8,10,13,20-21,34-35H,1,3-4,9H2,(H2,28,32)(H2,29,30,31)/t13-,20-,21-,24-/m0/s1. The first-order chi connectivity index (χ1) is 16.6. The van der Waals surface area contributed by atoms with Gasteiger partial charge < -0.3 is 21.7 Å². The van der Waals surface area contributed by atoms with E-state index < -0.39 is 35.2 Å². The summed E-state index contributed by atoms with van der Waals surface area (Å²) in [5.74, 6) is -1.68. The Morgan fingerprint density at radius 3 is 2.69 bits per heavy atom. The monoisotopic (exact) mass is 500 g/mol. The summed E-state index contributed by atoms with van der Waals surface area (Å²) in [7, 11) is 0. The minimum absolute atomic E-state index is 0.0128. The molecule has 8 nitrogen and oxygen atoms in total. The van der Waals surface area contributed by atoms with E-state index in [1.54, 1.807) is 12.1 Å². The van der Waals surface area contributed by atoms with Crippen LogP contribution in [0.3, 0.4) is 0 Å². The number of pyridine rings is 1. The average Bonchev–Trinajstić information content (AvgIpc) is 3.29. The number of benzene rings is 1. The molecule has 0 spiro atoms. The Morgan fingerprint density at radius 2 is 1.94 bits per heavy atom. The number of aliphatic hydroxyl groups excluding tert-OH is 2. The number of nitrogens with two attached hydrogens (primary N) is 2. The van der Waals surface area contributed by atoms with Crippen LogP contribution >= 0.6 is 11.6 Å². The Hall–Kier alpha value is -3.34. The lowest BCUT2D eigenvalue weighted by Gasteiger charge is -2.30. The van der Waals surface area contributed by atoms with E-state index in [0.29, 0.717) is 29.6 Å². The molecule has 3 aromatic heterocycles. The quantitative estimate of drug-likeness (QED) is 0.308. The van der Waals surface area contributed by atoms with E-state index in [1.807, 2.05) is 0 Å². The fourth-order valence-electron chi connectivity index (χ4n) is 5.15. The highest BCUT2D eigenvalue weighted by Crippen LogP contribution is 2.50. The van der Waals surface area contributed by atoms with Gasteiger partial charge in [0.1, 0.15) is 23.5 Å². The van der Waals surface area contributed by atoms with Crippen LogP contribution in [0.25, 0.3) is 16.4 Å². The molecule has 35 heavy (non-hydrogen) atoms. The summed E-state index contributed by atoms with van der Waals surface area (Å²) in [6.45, 7) is 3.90. The number of aryl methyl sites for hydroxylation is 1. The minimum Gasteiger partial charge on any atom is -0.390 e. The van der Waals surface area contributed by atoms with Crippen molar-refractivity contribution < 1.29 is 19.0 Å². The van der Waals surface area contributed by atoms with Crippen molar-refractivity contribution in [2.24, 2.45) is 5.41 Å². The summed E-state index contributed by atoms with van der Waals surface area (Å²) in [4.78, 5) is 7.98. The number of fused-ring (bicyclic) bond motifs is 2. The molecule has 3 heterocycles. The first-order valence-electron chi connectivity index (χ1n) is 11.0. The maximum absolute atomic E-state index is 14.7. The van der Waals surface area contributed by atoms with Crippen LogP contribution in [-0.2, 0) is 6.42 Å². The first-order valence-corrected chi connectivity index (χ1v) is 11.3. The van der Waals surface area contributed by atoms with E-state index in [4.69, 9.17) is 23.1 Å². The van der Waals surface area contributed by atoms with Crippen molar-refractivity contribution >= 4 is 39.7 Å². The maximum Gasteiger partial charge on any atom is 0.154 e. The molecule has 0 aliphatic heterocycles.